The van der Waals surface area contributed by atoms with E-state index in [1.165, 1.54) is 90.8 Å². The van der Waals surface area contributed by atoms with Crippen LogP contribution in [0.4, 0.5) is 0 Å². The van der Waals surface area contributed by atoms with Gasteiger partial charge in [0.05, 0.1) is 6.61 Å². The van der Waals surface area contributed by atoms with Gasteiger partial charge in [0, 0.05) is 13.1 Å². The summed E-state index contributed by atoms with van der Waals surface area (Å²) in [4.78, 5) is 5.16. The van der Waals surface area contributed by atoms with E-state index in [4.69, 9.17) is 5.11 Å². The first kappa shape index (κ1) is 17.7. The molecule has 0 radical (unpaired) electrons. The monoisotopic (exact) mass is 323 g/mol. The molecule has 3 fully saturated rings. The molecule has 3 rings (SSSR count). The molecule has 0 amide bonds. The molecule has 0 bridgehead atoms. The van der Waals surface area contributed by atoms with Gasteiger partial charge in [0.15, 0.2) is 0 Å². The lowest BCUT2D eigenvalue weighted by Crippen LogP contribution is -2.42. The minimum atomic E-state index is 0.315. The van der Waals surface area contributed by atoms with Gasteiger partial charge >= 0.3 is 0 Å². The fourth-order valence-corrected chi connectivity index (χ4v) is 4.89. The highest BCUT2D eigenvalue weighted by Gasteiger charge is 2.26. The van der Waals surface area contributed by atoms with Crippen molar-refractivity contribution < 1.29 is 5.11 Å². The van der Waals surface area contributed by atoms with Crippen LogP contribution in [0.3, 0.4) is 0 Å². The van der Waals surface area contributed by atoms with Crippen molar-refractivity contribution in [2.75, 3.05) is 59.0 Å². The summed E-state index contributed by atoms with van der Waals surface area (Å²) in [5.41, 5.74) is 0. The number of nitrogens with one attached hydrogen (secondary N) is 1. The van der Waals surface area contributed by atoms with Gasteiger partial charge in [0.1, 0.15) is 0 Å². The van der Waals surface area contributed by atoms with Crippen molar-refractivity contribution >= 4 is 0 Å². The van der Waals surface area contributed by atoms with E-state index in [1.807, 2.05) is 0 Å². The molecular weight excluding hydrogens is 286 g/mol. The number of aliphatic hydroxyl groups is 1. The summed E-state index contributed by atoms with van der Waals surface area (Å²) < 4.78 is 0. The smallest absolute Gasteiger partial charge is 0.0558 e. The number of rotatable bonds is 6. The number of hydrogen-bond acceptors (Lipinski definition) is 4. The molecule has 4 heteroatoms. The Balaban J connectivity index is 1.30. The lowest BCUT2D eigenvalue weighted by atomic mass is 9.83. The van der Waals surface area contributed by atoms with Crippen LogP contribution in [0.5, 0.6) is 0 Å². The van der Waals surface area contributed by atoms with Crippen molar-refractivity contribution in [1.29, 1.82) is 0 Å². The molecule has 3 aliphatic rings. The van der Waals surface area contributed by atoms with E-state index in [9.17, 15) is 0 Å². The third-order valence-corrected chi connectivity index (χ3v) is 6.47. The SMILES string of the molecule is OCCN1CCC(CN2CCC(CC3CCNCC3)CC2)CC1. The summed E-state index contributed by atoms with van der Waals surface area (Å²) in [7, 11) is 0. The van der Waals surface area contributed by atoms with E-state index in [0.717, 1.165) is 24.3 Å². The Labute approximate surface area is 142 Å². The Morgan fingerprint density at radius 1 is 0.739 bits per heavy atom. The Kier molecular flexibility index (Phi) is 7.18. The molecular formula is C19H37N3O. The normalized spacial score (nSPS) is 27.5. The van der Waals surface area contributed by atoms with Gasteiger partial charge in [-0.15, -0.1) is 0 Å². The summed E-state index contributed by atoms with van der Waals surface area (Å²) >= 11 is 0. The standard InChI is InChI=1S/C19H37N3O/c23-14-13-21-9-5-19(6-10-21)16-22-11-3-18(4-12-22)15-17-1-7-20-8-2-17/h17-20,23H,1-16H2. The highest BCUT2D eigenvalue weighted by atomic mass is 16.3. The van der Waals surface area contributed by atoms with E-state index in [0.29, 0.717) is 6.61 Å². The Hall–Kier alpha value is -0.160. The second kappa shape index (κ2) is 9.36. The van der Waals surface area contributed by atoms with Crippen LogP contribution in [0.2, 0.25) is 0 Å². The summed E-state index contributed by atoms with van der Waals surface area (Å²) in [6.45, 7) is 10.1. The minimum absolute atomic E-state index is 0.315. The van der Waals surface area contributed by atoms with Gasteiger partial charge < -0.3 is 20.2 Å². The number of β-amino-alcohol motifs (C(OH)–C–C–N with tert-alkyl or cyclic N) is 1. The molecule has 0 unspecified atom stereocenters. The first-order chi connectivity index (χ1) is 11.3. The van der Waals surface area contributed by atoms with E-state index >= 15 is 0 Å². The Morgan fingerprint density at radius 3 is 1.96 bits per heavy atom. The molecule has 0 atom stereocenters. The van der Waals surface area contributed by atoms with Crippen molar-refractivity contribution in [3.05, 3.63) is 0 Å². The van der Waals surface area contributed by atoms with Gasteiger partial charge in [-0.3, -0.25) is 0 Å². The second-order valence-corrected chi connectivity index (χ2v) is 8.18. The van der Waals surface area contributed by atoms with Gasteiger partial charge in [-0.25, -0.2) is 0 Å². The van der Waals surface area contributed by atoms with Crippen molar-refractivity contribution in [1.82, 2.24) is 15.1 Å². The van der Waals surface area contributed by atoms with Crippen molar-refractivity contribution in [3.63, 3.8) is 0 Å². The number of nitrogens with zero attached hydrogens (tertiary/aromatic N) is 2. The Bertz CT molecular complexity index is 317. The minimum Gasteiger partial charge on any atom is -0.395 e. The zero-order chi connectivity index (χ0) is 15.9. The van der Waals surface area contributed by atoms with Gasteiger partial charge in [-0.1, -0.05) is 0 Å². The number of piperidine rings is 3. The van der Waals surface area contributed by atoms with Gasteiger partial charge in [-0.2, -0.15) is 0 Å². The molecule has 4 nitrogen and oxygen atoms in total. The number of aliphatic hydroxyl groups excluding tert-OH is 1. The number of hydrogen-bond donors (Lipinski definition) is 2. The molecule has 0 aromatic rings. The number of likely N-dealkylation sites (tertiary alicyclic amines) is 2. The van der Waals surface area contributed by atoms with Crippen LogP contribution >= 0.6 is 0 Å². The third-order valence-electron chi connectivity index (χ3n) is 6.47. The van der Waals surface area contributed by atoms with E-state index in [-0.39, 0.29) is 0 Å². The lowest BCUT2D eigenvalue weighted by Gasteiger charge is -2.38. The molecule has 3 aliphatic heterocycles. The fraction of sp³-hybridized carbons (Fsp3) is 1.00. The quantitative estimate of drug-likeness (QED) is 0.782. The van der Waals surface area contributed by atoms with Gasteiger partial charge in [0.2, 0.25) is 0 Å². The third kappa shape index (κ3) is 5.70. The van der Waals surface area contributed by atoms with E-state index in [1.54, 1.807) is 0 Å². The maximum atomic E-state index is 9.03. The van der Waals surface area contributed by atoms with Crippen molar-refractivity contribution in [2.45, 2.75) is 44.9 Å². The molecule has 3 saturated heterocycles. The van der Waals surface area contributed by atoms with Crippen LogP contribution in [0, 0.1) is 17.8 Å². The lowest BCUT2D eigenvalue weighted by molar-refractivity contribution is 0.102. The fourth-order valence-electron chi connectivity index (χ4n) is 4.89. The topological polar surface area (TPSA) is 38.7 Å². The molecule has 23 heavy (non-hydrogen) atoms. The molecule has 3 heterocycles. The van der Waals surface area contributed by atoms with Crippen LogP contribution < -0.4 is 5.32 Å². The summed E-state index contributed by atoms with van der Waals surface area (Å²) in [5, 5.41) is 12.5. The molecule has 134 valence electrons. The average Bonchev–Trinajstić information content (AvgIpc) is 2.60. The predicted molar refractivity (Wildman–Crippen MR) is 95.6 cm³/mol. The van der Waals surface area contributed by atoms with Crippen molar-refractivity contribution in [3.8, 4) is 0 Å². The highest BCUT2D eigenvalue weighted by Crippen LogP contribution is 2.29. The molecule has 0 saturated carbocycles. The van der Waals surface area contributed by atoms with Crippen LogP contribution in [-0.4, -0.2) is 73.9 Å². The van der Waals surface area contributed by atoms with Crippen LogP contribution in [0.25, 0.3) is 0 Å². The van der Waals surface area contributed by atoms with E-state index in [2.05, 4.69) is 15.1 Å². The van der Waals surface area contributed by atoms with Gasteiger partial charge in [-0.05, 0) is 102 Å². The zero-order valence-electron chi connectivity index (χ0n) is 14.9. The summed E-state index contributed by atoms with van der Waals surface area (Å²) in [5.74, 6) is 2.90. The predicted octanol–water partition coefficient (Wildman–Crippen LogP) is 1.79. The largest absolute Gasteiger partial charge is 0.395 e. The van der Waals surface area contributed by atoms with Crippen LogP contribution in [0.15, 0.2) is 0 Å². The van der Waals surface area contributed by atoms with E-state index < -0.39 is 0 Å². The van der Waals surface area contributed by atoms with Crippen LogP contribution in [-0.2, 0) is 0 Å². The first-order valence-corrected chi connectivity index (χ1v) is 10.1. The highest BCUT2D eigenvalue weighted by molar-refractivity contribution is 4.80. The molecule has 0 spiro atoms. The maximum absolute atomic E-state index is 9.03. The first-order valence-electron chi connectivity index (χ1n) is 10.1. The molecule has 0 aromatic carbocycles. The molecule has 0 aromatic heterocycles. The maximum Gasteiger partial charge on any atom is 0.0558 e. The Morgan fingerprint density at radius 2 is 1.30 bits per heavy atom. The van der Waals surface area contributed by atoms with Gasteiger partial charge in [0.25, 0.3) is 0 Å². The molecule has 2 N–H and O–H groups in total. The summed E-state index contributed by atoms with van der Waals surface area (Å²) in [6, 6.07) is 0. The molecule has 0 aliphatic carbocycles. The van der Waals surface area contributed by atoms with Crippen molar-refractivity contribution in [2.24, 2.45) is 17.8 Å². The summed E-state index contributed by atoms with van der Waals surface area (Å²) in [6.07, 6.45) is 9.85. The second-order valence-electron chi connectivity index (χ2n) is 8.18. The average molecular weight is 324 g/mol. The van der Waals surface area contributed by atoms with Crippen LogP contribution in [0.1, 0.15) is 44.9 Å². The zero-order valence-corrected chi connectivity index (χ0v) is 14.9.